The molecule has 0 fully saturated rings. The Morgan fingerprint density at radius 3 is 2.38 bits per heavy atom. The summed E-state index contributed by atoms with van der Waals surface area (Å²) in [5.74, 6) is -0.333. The van der Waals surface area contributed by atoms with Gasteiger partial charge in [-0.25, -0.2) is 8.42 Å². The summed E-state index contributed by atoms with van der Waals surface area (Å²) < 4.78 is 24.1. The Morgan fingerprint density at radius 2 is 1.86 bits per heavy atom. The molecule has 1 rings (SSSR count). The number of carbonyl (C=O) groups excluding carboxylic acids is 1. The lowest BCUT2D eigenvalue weighted by atomic mass is 10.0. The highest BCUT2D eigenvalue weighted by Crippen LogP contribution is 2.11. The fourth-order valence-corrected chi connectivity index (χ4v) is 3.22. The van der Waals surface area contributed by atoms with E-state index in [-0.39, 0.29) is 41.5 Å². The van der Waals surface area contributed by atoms with Gasteiger partial charge in [0.2, 0.25) is 5.91 Å². The summed E-state index contributed by atoms with van der Waals surface area (Å²) in [5.41, 5.74) is 0. The third-order valence-corrected chi connectivity index (χ3v) is 5.02. The van der Waals surface area contributed by atoms with Crippen LogP contribution in [0.3, 0.4) is 0 Å². The van der Waals surface area contributed by atoms with Gasteiger partial charge in [0.1, 0.15) is 0 Å². The van der Waals surface area contributed by atoms with Gasteiger partial charge in [0.25, 0.3) is 0 Å². The summed E-state index contributed by atoms with van der Waals surface area (Å²) in [7, 11) is -3.43. The predicted molar refractivity (Wildman–Crippen MR) is 81.6 cm³/mol. The van der Waals surface area contributed by atoms with Gasteiger partial charge in [0.05, 0.1) is 10.6 Å². The van der Waals surface area contributed by atoms with Crippen molar-refractivity contribution in [3.8, 4) is 0 Å². The van der Waals surface area contributed by atoms with Crippen LogP contribution in [0.1, 0.15) is 26.7 Å². The maximum Gasteiger partial charge on any atom is 0.221 e. The lowest BCUT2D eigenvalue weighted by molar-refractivity contribution is -0.121. The maximum atomic E-state index is 12.1. The smallest absolute Gasteiger partial charge is 0.221 e. The standard InChI is InChI=1S/C15H23NO4S/c1-12(2)14(8-10-17)16-15(18)9-11-21(19,20)13-6-4-3-5-7-13/h3-7,12,14,17H,8-11H2,1-2H3,(H,16,18). The first-order valence-corrected chi connectivity index (χ1v) is 8.70. The third-order valence-electron chi connectivity index (χ3n) is 3.29. The highest BCUT2D eigenvalue weighted by molar-refractivity contribution is 7.91. The fourth-order valence-electron chi connectivity index (χ4n) is 1.96. The molecule has 0 heterocycles. The van der Waals surface area contributed by atoms with Crippen LogP contribution < -0.4 is 5.32 Å². The Balaban J connectivity index is 2.56. The summed E-state index contributed by atoms with van der Waals surface area (Å²) in [6.07, 6.45) is 0.390. The van der Waals surface area contributed by atoms with Crippen LogP contribution in [0.5, 0.6) is 0 Å². The Morgan fingerprint density at radius 1 is 1.24 bits per heavy atom. The van der Waals surface area contributed by atoms with Gasteiger partial charge in [-0.2, -0.15) is 0 Å². The van der Waals surface area contributed by atoms with Gasteiger partial charge in [0.15, 0.2) is 9.84 Å². The summed E-state index contributed by atoms with van der Waals surface area (Å²) in [6, 6.07) is 7.97. The van der Waals surface area contributed by atoms with Crippen molar-refractivity contribution in [3.05, 3.63) is 30.3 Å². The minimum Gasteiger partial charge on any atom is -0.396 e. The largest absolute Gasteiger partial charge is 0.396 e. The molecule has 0 aliphatic rings. The second-order valence-corrected chi connectivity index (χ2v) is 7.42. The van der Waals surface area contributed by atoms with E-state index < -0.39 is 9.84 Å². The topological polar surface area (TPSA) is 83.5 Å². The van der Waals surface area contributed by atoms with E-state index in [0.717, 1.165) is 0 Å². The zero-order valence-corrected chi connectivity index (χ0v) is 13.3. The molecule has 1 atom stereocenters. The van der Waals surface area contributed by atoms with E-state index in [9.17, 15) is 13.2 Å². The van der Waals surface area contributed by atoms with Crippen LogP contribution in [0.2, 0.25) is 0 Å². The van der Waals surface area contributed by atoms with E-state index in [0.29, 0.717) is 6.42 Å². The Kier molecular flexibility index (Phi) is 6.84. The maximum absolute atomic E-state index is 12.1. The molecule has 2 N–H and O–H groups in total. The zero-order valence-electron chi connectivity index (χ0n) is 12.5. The molecule has 6 heteroatoms. The third kappa shape index (κ3) is 5.85. The Labute approximate surface area is 126 Å². The van der Waals surface area contributed by atoms with Crippen LogP contribution in [-0.2, 0) is 14.6 Å². The molecule has 1 amide bonds. The molecular formula is C15H23NO4S. The highest BCUT2D eigenvalue weighted by Gasteiger charge is 2.19. The van der Waals surface area contributed by atoms with Crippen molar-refractivity contribution in [1.29, 1.82) is 0 Å². The van der Waals surface area contributed by atoms with Crippen molar-refractivity contribution in [3.63, 3.8) is 0 Å². The van der Waals surface area contributed by atoms with Gasteiger partial charge >= 0.3 is 0 Å². The number of sulfone groups is 1. The normalized spacial score (nSPS) is 13.1. The first-order chi connectivity index (χ1) is 9.86. The molecule has 0 aliphatic heterocycles. The van der Waals surface area contributed by atoms with Gasteiger partial charge in [0, 0.05) is 19.1 Å². The molecule has 118 valence electrons. The number of hydrogen-bond acceptors (Lipinski definition) is 4. The molecule has 1 aromatic rings. The molecule has 1 unspecified atom stereocenters. The van der Waals surface area contributed by atoms with Crippen LogP contribution in [0.25, 0.3) is 0 Å². The quantitative estimate of drug-likeness (QED) is 0.759. The van der Waals surface area contributed by atoms with Crippen LogP contribution >= 0.6 is 0 Å². The number of carbonyl (C=O) groups is 1. The number of amides is 1. The summed E-state index contributed by atoms with van der Waals surface area (Å²) in [4.78, 5) is 12.1. The van der Waals surface area contributed by atoms with Crippen molar-refractivity contribution in [2.24, 2.45) is 5.92 Å². The van der Waals surface area contributed by atoms with E-state index in [4.69, 9.17) is 5.11 Å². The average Bonchev–Trinajstić information content (AvgIpc) is 2.45. The van der Waals surface area contributed by atoms with E-state index in [1.807, 2.05) is 13.8 Å². The van der Waals surface area contributed by atoms with Gasteiger partial charge < -0.3 is 10.4 Å². The number of aliphatic hydroxyl groups is 1. The lowest BCUT2D eigenvalue weighted by Crippen LogP contribution is -2.39. The number of benzene rings is 1. The first-order valence-electron chi connectivity index (χ1n) is 7.05. The van der Waals surface area contributed by atoms with Crippen molar-refractivity contribution >= 4 is 15.7 Å². The molecule has 1 aromatic carbocycles. The van der Waals surface area contributed by atoms with E-state index in [2.05, 4.69) is 5.32 Å². The molecule has 0 saturated carbocycles. The van der Waals surface area contributed by atoms with Gasteiger partial charge in [-0.1, -0.05) is 32.0 Å². The van der Waals surface area contributed by atoms with Gasteiger partial charge in [-0.05, 0) is 24.5 Å². The molecule has 0 bridgehead atoms. The van der Waals surface area contributed by atoms with Gasteiger partial charge in [-0.3, -0.25) is 4.79 Å². The molecule has 0 saturated heterocycles. The van der Waals surface area contributed by atoms with Crippen LogP contribution in [0.4, 0.5) is 0 Å². The van der Waals surface area contributed by atoms with Gasteiger partial charge in [-0.15, -0.1) is 0 Å². The second-order valence-electron chi connectivity index (χ2n) is 5.31. The SMILES string of the molecule is CC(C)C(CCO)NC(=O)CCS(=O)(=O)c1ccccc1. The summed E-state index contributed by atoms with van der Waals surface area (Å²) in [5, 5.41) is 11.7. The minimum absolute atomic E-state index is 0.00849. The average molecular weight is 313 g/mol. The van der Waals surface area contributed by atoms with E-state index in [1.54, 1.807) is 18.2 Å². The van der Waals surface area contributed by atoms with Crippen molar-refractivity contribution in [2.75, 3.05) is 12.4 Å². The fraction of sp³-hybridized carbons (Fsp3) is 0.533. The lowest BCUT2D eigenvalue weighted by Gasteiger charge is -2.21. The zero-order chi connectivity index (χ0) is 15.9. The first kappa shape index (κ1) is 17.7. The predicted octanol–water partition coefficient (Wildman–Crippen LogP) is 1.37. The van der Waals surface area contributed by atoms with Crippen molar-refractivity contribution in [1.82, 2.24) is 5.32 Å². The molecule has 21 heavy (non-hydrogen) atoms. The van der Waals surface area contributed by atoms with E-state index >= 15 is 0 Å². The molecule has 0 spiro atoms. The van der Waals surface area contributed by atoms with Crippen molar-refractivity contribution < 1.29 is 18.3 Å². The molecule has 0 radical (unpaired) electrons. The Bertz CT molecular complexity index is 540. The molecule has 5 nitrogen and oxygen atoms in total. The second kappa shape index (κ2) is 8.14. The Hall–Kier alpha value is -1.40. The summed E-state index contributed by atoms with van der Waals surface area (Å²) in [6.45, 7) is 3.88. The van der Waals surface area contributed by atoms with Crippen LogP contribution in [0.15, 0.2) is 35.2 Å². The van der Waals surface area contributed by atoms with E-state index in [1.165, 1.54) is 12.1 Å². The van der Waals surface area contributed by atoms with Crippen molar-refractivity contribution in [2.45, 2.75) is 37.6 Å². The van der Waals surface area contributed by atoms with Crippen LogP contribution in [-0.4, -0.2) is 37.8 Å². The number of hydrogen-bond donors (Lipinski definition) is 2. The monoisotopic (exact) mass is 313 g/mol. The number of rotatable bonds is 8. The number of aliphatic hydroxyl groups excluding tert-OH is 1. The highest BCUT2D eigenvalue weighted by atomic mass is 32.2. The molecule has 0 aliphatic carbocycles. The number of nitrogens with one attached hydrogen (secondary N) is 1. The minimum atomic E-state index is -3.43. The molecular weight excluding hydrogens is 290 g/mol. The molecule has 0 aromatic heterocycles. The summed E-state index contributed by atoms with van der Waals surface area (Å²) >= 11 is 0. The van der Waals surface area contributed by atoms with Crippen LogP contribution in [0, 0.1) is 5.92 Å².